The van der Waals surface area contributed by atoms with E-state index in [1.54, 1.807) is 18.2 Å². The summed E-state index contributed by atoms with van der Waals surface area (Å²) in [6.07, 6.45) is 4.14. The average Bonchev–Trinajstić information content (AvgIpc) is 2.92. The molecule has 6 nitrogen and oxygen atoms in total. The second kappa shape index (κ2) is 6.12. The predicted molar refractivity (Wildman–Crippen MR) is 87.0 cm³/mol. The van der Waals surface area contributed by atoms with Gasteiger partial charge in [-0.2, -0.15) is 0 Å². The molecule has 1 amide bonds. The highest BCUT2D eigenvalue weighted by atomic mass is 16.3. The molecule has 3 rings (SSSR count). The molecule has 2 atom stereocenters. The molecular weight excluding hydrogens is 294 g/mol. The van der Waals surface area contributed by atoms with Crippen molar-refractivity contribution in [3.63, 3.8) is 0 Å². The molecule has 0 radical (unpaired) electrons. The molecular formula is C17H21N3O3. The summed E-state index contributed by atoms with van der Waals surface area (Å²) in [5, 5.41) is 13.0. The molecule has 1 fully saturated rings. The van der Waals surface area contributed by atoms with E-state index in [0.717, 1.165) is 19.3 Å². The van der Waals surface area contributed by atoms with Gasteiger partial charge in [0.2, 0.25) is 5.91 Å². The first-order chi connectivity index (χ1) is 11.0. The van der Waals surface area contributed by atoms with Gasteiger partial charge in [-0.1, -0.05) is 25.5 Å². The Kier molecular flexibility index (Phi) is 4.17. The third-order valence-electron chi connectivity index (χ3n) is 4.82. The van der Waals surface area contributed by atoms with Crippen molar-refractivity contribution in [2.24, 2.45) is 5.41 Å². The van der Waals surface area contributed by atoms with Crippen molar-refractivity contribution < 1.29 is 9.90 Å². The smallest absolute Gasteiger partial charge is 0.261 e. The average molecular weight is 315 g/mol. The molecule has 23 heavy (non-hydrogen) atoms. The lowest BCUT2D eigenvalue weighted by molar-refractivity contribution is -0.123. The number of hydrogen-bond acceptors (Lipinski definition) is 4. The van der Waals surface area contributed by atoms with Gasteiger partial charge in [-0.3, -0.25) is 14.2 Å². The quantitative estimate of drug-likeness (QED) is 0.884. The van der Waals surface area contributed by atoms with Gasteiger partial charge in [-0.25, -0.2) is 4.98 Å². The molecule has 2 N–H and O–H groups in total. The van der Waals surface area contributed by atoms with Gasteiger partial charge in [-0.15, -0.1) is 0 Å². The standard InChI is InChI=1S/C17H21N3O3/c1-17(10-21)8-4-7-14(17)19-15(22)9-20-11-18-13-6-3-2-5-12(13)16(20)23/h2-3,5-6,11,14,21H,4,7-10H2,1H3,(H,19,22). The number of amides is 1. The Morgan fingerprint density at radius 1 is 1.48 bits per heavy atom. The number of carbonyl (C=O) groups excluding carboxylic acids is 1. The molecule has 2 aromatic rings. The maximum absolute atomic E-state index is 12.4. The maximum atomic E-state index is 12.4. The van der Waals surface area contributed by atoms with Gasteiger partial charge in [0.1, 0.15) is 6.54 Å². The lowest BCUT2D eigenvalue weighted by atomic mass is 9.86. The van der Waals surface area contributed by atoms with Crippen molar-refractivity contribution >= 4 is 16.8 Å². The summed E-state index contributed by atoms with van der Waals surface area (Å²) in [4.78, 5) is 28.9. The molecule has 122 valence electrons. The first kappa shape index (κ1) is 15.7. The second-order valence-electron chi connectivity index (χ2n) is 6.52. The van der Waals surface area contributed by atoms with Gasteiger partial charge >= 0.3 is 0 Å². The van der Waals surface area contributed by atoms with Gasteiger partial charge in [0.15, 0.2) is 0 Å². The molecule has 1 heterocycles. The van der Waals surface area contributed by atoms with E-state index >= 15 is 0 Å². The summed E-state index contributed by atoms with van der Waals surface area (Å²) >= 11 is 0. The summed E-state index contributed by atoms with van der Waals surface area (Å²) in [7, 11) is 0. The van der Waals surface area contributed by atoms with Crippen LogP contribution in [-0.2, 0) is 11.3 Å². The fourth-order valence-corrected chi connectivity index (χ4v) is 3.28. The molecule has 6 heteroatoms. The highest BCUT2D eigenvalue weighted by Crippen LogP contribution is 2.37. The molecule has 0 saturated heterocycles. The summed E-state index contributed by atoms with van der Waals surface area (Å²) in [6, 6.07) is 7.03. The zero-order chi connectivity index (χ0) is 16.4. The number of hydrogen-bond donors (Lipinski definition) is 2. The monoisotopic (exact) mass is 315 g/mol. The lowest BCUT2D eigenvalue weighted by Gasteiger charge is -2.30. The van der Waals surface area contributed by atoms with E-state index in [2.05, 4.69) is 10.3 Å². The van der Waals surface area contributed by atoms with Crippen LogP contribution in [0.1, 0.15) is 26.2 Å². The minimum absolute atomic E-state index is 0.0510. The van der Waals surface area contributed by atoms with E-state index in [1.165, 1.54) is 10.9 Å². The maximum Gasteiger partial charge on any atom is 0.261 e. The van der Waals surface area contributed by atoms with Crippen LogP contribution in [-0.4, -0.2) is 33.2 Å². The first-order valence-corrected chi connectivity index (χ1v) is 7.88. The Bertz CT molecular complexity index is 786. The Labute approximate surface area is 134 Å². The third kappa shape index (κ3) is 2.99. The van der Waals surface area contributed by atoms with E-state index in [0.29, 0.717) is 10.9 Å². The van der Waals surface area contributed by atoms with Gasteiger partial charge in [-0.05, 0) is 25.0 Å². The van der Waals surface area contributed by atoms with E-state index in [1.807, 2.05) is 13.0 Å². The zero-order valence-corrected chi connectivity index (χ0v) is 13.2. The first-order valence-electron chi connectivity index (χ1n) is 7.88. The highest BCUT2D eigenvalue weighted by molar-refractivity contribution is 5.79. The molecule has 0 spiro atoms. The van der Waals surface area contributed by atoms with Crippen LogP contribution in [0.4, 0.5) is 0 Å². The topological polar surface area (TPSA) is 84.2 Å². The number of fused-ring (bicyclic) bond motifs is 1. The SMILES string of the molecule is CC1(CO)CCCC1NC(=O)Cn1cnc2ccccc2c1=O. The molecule has 1 aromatic carbocycles. The Morgan fingerprint density at radius 3 is 3.04 bits per heavy atom. The summed E-state index contributed by atoms with van der Waals surface area (Å²) in [5.41, 5.74) is 0.127. The summed E-state index contributed by atoms with van der Waals surface area (Å²) in [5.74, 6) is -0.226. The fraction of sp³-hybridized carbons (Fsp3) is 0.471. The summed E-state index contributed by atoms with van der Waals surface area (Å²) in [6.45, 7) is 1.97. The van der Waals surface area contributed by atoms with Crippen molar-refractivity contribution in [1.29, 1.82) is 0 Å². The van der Waals surface area contributed by atoms with E-state index in [-0.39, 0.29) is 36.1 Å². The van der Waals surface area contributed by atoms with Gasteiger partial charge < -0.3 is 10.4 Å². The number of rotatable bonds is 4. The van der Waals surface area contributed by atoms with Crippen molar-refractivity contribution in [3.8, 4) is 0 Å². The normalized spacial score (nSPS) is 24.0. The Morgan fingerprint density at radius 2 is 2.26 bits per heavy atom. The van der Waals surface area contributed by atoms with E-state index < -0.39 is 0 Å². The van der Waals surface area contributed by atoms with Crippen LogP contribution >= 0.6 is 0 Å². The number of aromatic nitrogens is 2. The van der Waals surface area contributed by atoms with E-state index in [9.17, 15) is 14.7 Å². The number of nitrogens with zero attached hydrogens (tertiary/aromatic N) is 2. The Balaban J connectivity index is 1.76. The van der Waals surface area contributed by atoms with E-state index in [4.69, 9.17) is 0 Å². The molecule has 1 aromatic heterocycles. The number of carbonyl (C=O) groups is 1. The van der Waals surface area contributed by atoms with Crippen molar-refractivity contribution in [2.75, 3.05) is 6.61 Å². The second-order valence-corrected chi connectivity index (χ2v) is 6.52. The number of nitrogens with one attached hydrogen (secondary N) is 1. The van der Waals surface area contributed by atoms with Crippen molar-refractivity contribution in [1.82, 2.24) is 14.9 Å². The van der Waals surface area contributed by atoms with Crippen LogP contribution in [0.5, 0.6) is 0 Å². The minimum Gasteiger partial charge on any atom is -0.396 e. The number of aliphatic hydroxyl groups excluding tert-OH is 1. The minimum atomic E-state index is -0.276. The van der Waals surface area contributed by atoms with Gasteiger partial charge in [0.25, 0.3) is 5.56 Å². The van der Waals surface area contributed by atoms with Crippen LogP contribution < -0.4 is 10.9 Å². The van der Waals surface area contributed by atoms with Crippen molar-refractivity contribution in [3.05, 3.63) is 40.9 Å². The highest BCUT2D eigenvalue weighted by Gasteiger charge is 2.39. The summed E-state index contributed by atoms with van der Waals surface area (Å²) < 4.78 is 1.32. The van der Waals surface area contributed by atoms with Crippen LogP contribution in [0.3, 0.4) is 0 Å². The third-order valence-corrected chi connectivity index (χ3v) is 4.82. The van der Waals surface area contributed by atoms with Crippen LogP contribution in [0.2, 0.25) is 0 Å². The number of para-hydroxylation sites is 1. The van der Waals surface area contributed by atoms with Crippen LogP contribution in [0, 0.1) is 5.41 Å². The molecule has 1 aliphatic carbocycles. The molecule has 0 bridgehead atoms. The molecule has 0 aliphatic heterocycles. The molecule has 2 unspecified atom stereocenters. The number of aliphatic hydroxyl groups is 1. The predicted octanol–water partition coefficient (Wildman–Crippen LogP) is 1.06. The van der Waals surface area contributed by atoms with Gasteiger partial charge in [0.05, 0.1) is 23.8 Å². The van der Waals surface area contributed by atoms with Crippen LogP contribution in [0.15, 0.2) is 35.4 Å². The lowest BCUT2D eigenvalue weighted by Crippen LogP contribution is -2.46. The van der Waals surface area contributed by atoms with Crippen LogP contribution in [0.25, 0.3) is 10.9 Å². The zero-order valence-electron chi connectivity index (χ0n) is 13.2. The van der Waals surface area contributed by atoms with Crippen molar-refractivity contribution in [2.45, 2.75) is 38.8 Å². The largest absolute Gasteiger partial charge is 0.396 e. The van der Waals surface area contributed by atoms with Gasteiger partial charge in [0, 0.05) is 11.5 Å². The fourth-order valence-electron chi connectivity index (χ4n) is 3.28. The molecule has 1 saturated carbocycles. The number of benzene rings is 1. The Hall–Kier alpha value is -2.21. The molecule has 1 aliphatic rings.